The van der Waals surface area contributed by atoms with Gasteiger partial charge in [-0.3, -0.25) is 4.79 Å². The van der Waals surface area contributed by atoms with Gasteiger partial charge in [-0.05, 0) is 18.2 Å². The lowest BCUT2D eigenvalue weighted by molar-refractivity contribution is -0.126. The zero-order chi connectivity index (χ0) is 14.8. The Hall–Kier alpha value is -1.58. The molecule has 0 aliphatic rings. The number of hydrogen-bond donors (Lipinski definition) is 1. The number of carbonyl (C=O) groups excluding carboxylic acids is 1. The van der Waals surface area contributed by atoms with E-state index in [-0.39, 0.29) is 15.5 Å². The van der Waals surface area contributed by atoms with Crippen LogP contribution in [-0.2, 0) is 14.8 Å². The van der Waals surface area contributed by atoms with Crippen molar-refractivity contribution in [1.29, 1.82) is 5.26 Å². The quantitative estimate of drug-likeness (QED) is 0.905. The van der Waals surface area contributed by atoms with Crippen molar-refractivity contribution in [2.24, 2.45) is 5.41 Å². The highest BCUT2D eigenvalue weighted by atomic mass is 35.5. The maximum Gasteiger partial charge on any atom is 0.264 e. The fourth-order valence-corrected chi connectivity index (χ4v) is 2.56. The van der Waals surface area contributed by atoms with E-state index in [1.165, 1.54) is 12.1 Å². The lowest BCUT2D eigenvalue weighted by atomic mass is 9.96. The molecule has 0 aliphatic carbocycles. The normalized spacial score (nSPS) is 11.7. The summed E-state index contributed by atoms with van der Waals surface area (Å²) >= 11 is 5.76. The Balaban J connectivity index is 3.13. The summed E-state index contributed by atoms with van der Waals surface area (Å²) in [5.74, 6) is -0.618. The van der Waals surface area contributed by atoms with Crippen molar-refractivity contribution in [1.82, 2.24) is 4.72 Å². The van der Waals surface area contributed by atoms with Crippen LogP contribution in [0.1, 0.15) is 26.3 Å². The van der Waals surface area contributed by atoms with Crippen molar-refractivity contribution >= 4 is 27.5 Å². The third kappa shape index (κ3) is 3.69. The van der Waals surface area contributed by atoms with Crippen molar-refractivity contribution in [2.75, 3.05) is 0 Å². The van der Waals surface area contributed by atoms with Gasteiger partial charge in [0, 0.05) is 5.41 Å². The van der Waals surface area contributed by atoms with Gasteiger partial charge >= 0.3 is 0 Å². The molecule has 1 aromatic rings. The summed E-state index contributed by atoms with van der Waals surface area (Å²) in [5, 5.41) is 8.73. The van der Waals surface area contributed by atoms with E-state index in [4.69, 9.17) is 16.9 Å². The Labute approximate surface area is 117 Å². The number of rotatable bonds is 2. The molecule has 0 aliphatic heterocycles. The fraction of sp³-hybridized carbons (Fsp3) is 0.333. The van der Waals surface area contributed by atoms with Gasteiger partial charge in [0.05, 0.1) is 15.5 Å². The molecule has 0 saturated heterocycles. The minimum Gasteiger partial charge on any atom is -0.273 e. The van der Waals surface area contributed by atoms with Crippen molar-refractivity contribution in [3.8, 4) is 6.07 Å². The van der Waals surface area contributed by atoms with Gasteiger partial charge in [-0.1, -0.05) is 32.4 Å². The molecule has 0 unspecified atom stereocenters. The molecule has 0 atom stereocenters. The van der Waals surface area contributed by atoms with Gasteiger partial charge in [0.1, 0.15) is 6.07 Å². The van der Waals surface area contributed by atoms with Gasteiger partial charge in [-0.15, -0.1) is 0 Å². The highest BCUT2D eigenvalue weighted by molar-refractivity contribution is 7.90. The second-order valence-corrected chi connectivity index (χ2v) is 7.03. The maximum atomic E-state index is 12.0. The molecule has 1 rings (SSSR count). The molecular weight excluding hydrogens is 288 g/mol. The number of hydrogen-bond acceptors (Lipinski definition) is 4. The van der Waals surface area contributed by atoms with Crippen LogP contribution in [0.25, 0.3) is 0 Å². The first-order chi connectivity index (χ1) is 8.58. The third-order valence-corrected chi connectivity index (χ3v) is 3.92. The van der Waals surface area contributed by atoms with E-state index >= 15 is 0 Å². The smallest absolute Gasteiger partial charge is 0.264 e. The number of sulfonamides is 1. The Bertz CT molecular complexity index is 655. The van der Waals surface area contributed by atoms with E-state index in [1.807, 2.05) is 10.8 Å². The first-order valence-corrected chi connectivity index (χ1v) is 7.21. The Kier molecular flexibility index (Phi) is 4.23. The lowest BCUT2D eigenvalue weighted by Crippen LogP contribution is -2.38. The molecule has 0 radical (unpaired) electrons. The van der Waals surface area contributed by atoms with Gasteiger partial charge < -0.3 is 0 Å². The van der Waals surface area contributed by atoms with Crippen LogP contribution in [0.15, 0.2) is 23.1 Å². The molecule has 1 aromatic carbocycles. The second kappa shape index (κ2) is 5.19. The summed E-state index contributed by atoms with van der Waals surface area (Å²) in [6, 6.07) is 5.48. The molecule has 0 saturated carbocycles. The molecule has 0 bridgehead atoms. The first-order valence-electron chi connectivity index (χ1n) is 5.35. The molecule has 1 amide bonds. The Morgan fingerprint density at radius 3 is 2.37 bits per heavy atom. The molecule has 5 nitrogen and oxygen atoms in total. The molecule has 0 spiro atoms. The Morgan fingerprint density at radius 2 is 1.95 bits per heavy atom. The monoisotopic (exact) mass is 300 g/mol. The summed E-state index contributed by atoms with van der Waals surface area (Å²) < 4.78 is 25.9. The zero-order valence-electron chi connectivity index (χ0n) is 10.7. The van der Waals surface area contributed by atoms with Gasteiger partial charge in [-0.2, -0.15) is 5.26 Å². The van der Waals surface area contributed by atoms with Gasteiger partial charge in [0.25, 0.3) is 10.0 Å². The summed E-state index contributed by atoms with van der Waals surface area (Å²) in [4.78, 5) is 11.5. The van der Waals surface area contributed by atoms with Crippen LogP contribution in [0.3, 0.4) is 0 Å². The summed E-state index contributed by atoms with van der Waals surface area (Å²) in [5.41, 5.74) is -0.661. The van der Waals surface area contributed by atoms with Crippen LogP contribution in [0.2, 0.25) is 5.02 Å². The number of carbonyl (C=O) groups is 1. The number of nitriles is 1. The highest BCUT2D eigenvalue weighted by Gasteiger charge is 2.27. The lowest BCUT2D eigenvalue weighted by Gasteiger charge is -2.17. The van der Waals surface area contributed by atoms with Gasteiger partial charge in [0.2, 0.25) is 5.91 Å². The summed E-state index contributed by atoms with van der Waals surface area (Å²) in [7, 11) is -3.98. The number of nitrogens with one attached hydrogen (secondary N) is 1. The van der Waals surface area contributed by atoms with Crippen LogP contribution in [0.5, 0.6) is 0 Å². The number of amides is 1. The maximum absolute atomic E-state index is 12.0. The average Bonchev–Trinajstić information content (AvgIpc) is 2.27. The number of nitrogens with zero attached hydrogens (tertiary/aromatic N) is 1. The van der Waals surface area contributed by atoms with Crippen molar-refractivity contribution < 1.29 is 13.2 Å². The predicted octanol–water partition coefficient (Wildman–Crippen LogP) is 2.06. The molecule has 0 heterocycles. The van der Waals surface area contributed by atoms with E-state index in [0.717, 1.165) is 6.07 Å². The molecule has 0 fully saturated rings. The van der Waals surface area contributed by atoms with Gasteiger partial charge in [-0.25, -0.2) is 13.1 Å². The molecule has 19 heavy (non-hydrogen) atoms. The fourth-order valence-electron chi connectivity index (χ4n) is 1.09. The van der Waals surface area contributed by atoms with E-state index in [1.54, 1.807) is 20.8 Å². The van der Waals surface area contributed by atoms with Crippen molar-refractivity contribution in [3.05, 3.63) is 28.8 Å². The minimum absolute atomic E-state index is 0.0218. The predicted molar refractivity (Wildman–Crippen MR) is 71.0 cm³/mol. The number of benzene rings is 1. The Morgan fingerprint density at radius 1 is 1.37 bits per heavy atom. The summed E-state index contributed by atoms with van der Waals surface area (Å²) in [6.45, 7) is 4.80. The van der Waals surface area contributed by atoms with E-state index in [0.29, 0.717) is 0 Å². The minimum atomic E-state index is -3.98. The molecule has 7 heteroatoms. The van der Waals surface area contributed by atoms with Crippen LogP contribution in [0.4, 0.5) is 0 Å². The van der Waals surface area contributed by atoms with Crippen molar-refractivity contribution in [2.45, 2.75) is 25.7 Å². The van der Waals surface area contributed by atoms with Crippen LogP contribution in [0, 0.1) is 16.7 Å². The molecule has 102 valence electrons. The SMILES string of the molecule is CC(C)(C)C(=O)NS(=O)(=O)c1ccc(C#N)c(Cl)c1. The largest absolute Gasteiger partial charge is 0.273 e. The van der Waals surface area contributed by atoms with E-state index in [9.17, 15) is 13.2 Å². The topological polar surface area (TPSA) is 87.0 Å². The summed E-state index contributed by atoms with van der Waals surface area (Å²) in [6.07, 6.45) is 0. The van der Waals surface area contributed by atoms with Crippen LogP contribution in [-0.4, -0.2) is 14.3 Å². The number of halogens is 1. The van der Waals surface area contributed by atoms with Crippen molar-refractivity contribution in [3.63, 3.8) is 0 Å². The third-order valence-electron chi connectivity index (χ3n) is 2.28. The van der Waals surface area contributed by atoms with E-state index in [2.05, 4.69) is 0 Å². The standard InChI is InChI=1S/C12H13ClN2O3S/c1-12(2,3)11(16)15-19(17,18)9-5-4-8(7-14)10(13)6-9/h4-6H,1-3H3,(H,15,16). The highest BCUT2D eigenvalue weighted by Crippen LogP contribution is 2.21. The van der Waals surface area contributed by atoms with E-state index < -0.39 is 21.3 Å². The van der Waals surface area contributed by atoms with Crippen LogP contribution >= 0.6 is 11.6 Å². The first kappa shape index (κ1) is 15.5. The van der Waals surface area contributed by atoms with Gasteiger partial charge in [0.15, 0.2) is 0 Å². The van der Waals surface area contributed by atoms with Crippen LogP contribution < -0.4 is 4.72 Å². The zero-order valence-corrected chi connectivity index (χ0v) is 12.3. The molecule has 1 N–H and O–H groups in total. The molecular formula is C12H13ClN2O3S. The molecule has 0 aromatic heterocycles. The second-order valence-electron chi connectivity index (χ2n) is 4.94. The average molecular weight is 301 g/mol.